The average molecular weight is 336 g/mol. The summed E-state index contributed by atoms with van der Waals surface area (Å²) in [6.07, 6.45) is 0.613. The molecule has 2 nitrogen and oxygen atoms in total. The number of ketones is 1. The van der Waals surface area contributed by atoms with Gasteiger partial charge in [-0.25, -0.2) is 0 Å². The largest absolute Gasteiger partial charge is 0.491 e. The third-order valence-corrected chi connectivity index (χ3v) is 4.77. The Kier molecular flexibility index (Phi) is 5.11. The monoisotopic (exact) mass is 336 g/mol. The Bertz CT molecular complexity index is 801. The molecule has 0 amide bonds. The van der Waals surface area contributed by atoms with Gasteiger partial charge in [0.2, 0.25) is 0 Å². The lowest BCUT2D eigenvalue weighted by Crippen LogP contribution is -2.04. The van der Waals surface area contributed by atoms with Crippen LogP contribution in [0.5, 0.6) is 5.75 Å². The van der Waals surface area contributed by atoms with E-state index >= 15 is 0 Å². The van der Waals surface area contributed by atoms with Crippen LogP contribution >= 0.6 is 11.3 Å². The summed E-state index contributed by atoms with van der Waals surface area (Å²) in [6.45, 7) is 4.02. The third kappa shape index (κ3) is 4.12. The van der Waals surface area contributed by atoms with Crippen LogP contribution in [0.2, 0.25) is 0 Å². The van der Waals surface area contributed by atoms with Gasteiger partial charge < -0.3 is 4.74 Å². The van der Waals surface area contributed by atoms with E-state index < -0.39 is 0 Å². The fourth-order valence-electron chi connectivity index (χ4n) is 2.48. The molecule has 0 aliphatic carbocycles. The lowest BCUT2D eigenvalue weighted by atomic mass is 10.1. The van der Waals surface area contributed by atoms with Crippen LogP contribution in [-0.2, 0) is 6.42 Å². The van der Waals surface area contributed by atoms with Crippen molar-refractivity contribution in [2.75, 3.05) is 0 Å². The molecule has 0 unspecified atom stereocenters. The number of thiophene rings is 1. The quantitative estimate of drug-likeness (QED) is 0.545. The van der Waals surface area contributed by atoms with E-state index in [1.165, 1.54) is 0 Å². The molecule has 24 heavy (non-hydrogen) atoms. The Balaban J connectivity index is 1.72. The summed E-state index contributed by atoms with van der Waals surface area (Å²) in [5.74, 6) is 1.03. The highest BCUT2D eigenvalue weighted by Crippen LogP contribution is 2.30. The van der Waals surface area contributed by atoms with Crippen molar-refractivity contribution in [1.29, 1.82) is 0 Å². The van der Waals surface area contributed by atoms with Gasteiger partial charge in [0, 0.05) is 11.3 Å². The fraction of sp³-hybridized carbons (Fsp3) is 0.190. The zero-order valence-electron chi connectivity index (χ0n) is 13.9. The molecular weight excluding hydrogens is 316 g/mol. The molecule has 0 spiro atoms. The van der Waals surface area contributed by atoms with Crippen molar-refractivity contribution in [3.63, 3.8) is 0 Å². The molecule has 122 valence electrons. The van der Waals surface area contributed by atoms with Gasteiger partial charge in [-0.3, -0.25) is 4.79 Å². The number of ether oxygens (including phenoxy) is 1. The smallest absolute Gasteiger partial charge is 0.177 e. The van der Waals surface area contributed by atoms with Crippen LogP contribution < -0.4 is 4.74 Å². The summed E-state index contributed by atoms with van der Waals surface area (Å²) in [6, 6.07) is 21.8. The van der Waals surface area contributed by atoms with Crippen LogP contribution in [0, 0.1) is 0 Å². The number of rotatable bonds is 6. The minimum absolute atomic E-state index is 0.164. The number of Topliss-reactive ketones (excluding diaryl/α,β-unsaturated/α-hetero) is 1. The van der Waals surface area contributed by atoms with Crippen molar-refractivity contribution in [3.8, 4) is 16.2 Å². The van der Waals surface area contributed by atoms with Gasteiger partial charge in [0.25, 0.3) is 0 Å². The molecule has 0 radical (unpaired) electrons. The van der Waals surface area contributed by atoms with Gasteiger partial charge in [-0.15, -0.1) is 11.3 Å². The van der Waals surface area contributed by atoms with Crippen LogP contribution in [0.1, 0.15) is 29.1 Å². The molecule has 0 aliphatic heterocycles. The lowest BCUT2D eigenvalue weighted by Gasteiger charge is -2.09. The predicted octanol–water partition coefficient (Wildman–Crippen LogP) is 5.63. The molecule has 3 heteroatoms. The van der Waals surface area contributed by atoms with Gasteiger partial charge >= 0.3 is 0 Å². The number of carbonyl (C=O) groups is 1. The fourth-order valence-corrected chi connectivity index (χ4v) is 3.43. The Labute approximate surface area is 146 Å². The Morgan fingerprint density at radius 1 is 0.958 bits per heavy atom. The van der Waals surface area contributed by atoms with Crippen LogP contribution in [0.25, 0.3) is 10.4 Å². The van der Waals surface area contributed by atoms with Crippen LogP contribution in [-0.4, -0.2) is 11.9 Å². The average Bonchev–Trinajstić information content (AvgIpc) is 3.06. The summed E-state index contributed by atoms with van der Waals surface area (Å²) >= 11 is 1.54. The predicted molar refractivity (Wildman–Crippen MR) is 100.0 cm³/mol. The van der Waals surface area contributed by atoms with Crippen molar-refractivity contribution in [3.05, 3.63) is 77.2 Å². The van der Waals surface area contributed by atoms with Gasteiger partial charge in [0.15, 0.2) is 5.78 Å². The van der Waals surface area contributed by atoms with E-state index in [2.05, 4.69) is 0 Å². The molecule has 3 rings (SSSR count). The van der Waals surface area contributed by atoms with Crippen LogP contribution in [0.3, 0.4) is 0 Å². The summed E-state index contributed by atoms with van der Waals surface area (Å²) in [4.78, 5) is 14.3. The second-order valence-corrected chi connectivity index (χ2v) is 7.02. The highest BCUT2D eigenvalue weighted by molar-refractivity contribution is 7.17. The zero-order valence-corrected chi connectivity index (χ0v) is 14.7. The molecule has 3 aromatic rings. The molecule has 0 N–H and O–H groups in total. The van der Waals surface area contributed by atoms with Gasteiger partial charge in [0.05, 0.1) is 11.0 Å². The Hall–Kier alpha value is -2.39. The molecule has 0 aliphatic rings. The minimum atomic E-state index is 0.164. The molecule has 0 bridgehead atoms. The topological polar surface area (TPSA) is 26.3 Å². The highest BCUT2D eigenvalue weighted by Gasteiger charge is 2.11. The molecule has 0 atom stereocenters. The normalized spacial score (nSPS) is 10.8. The van der Waals surface area contributed by atoms with E-state index in [0.29, 0.717) is 6.42 Å². The first kappa shape index (κ1) is 16.5. The summed E-state index contributed by atoms with van der Waals surface area (Å²) in [5, 5.41) is 0. The Morgan fingerprint density at radius 2 is 1.67 bits per heavy atom. The summed E-state index contributed by atoms with van der Waals surface area (Å²) in [7, 11) is 0. The lowest BCUT2D eigenvalue weighted by molar-refractivity contribution is 0.0997. The van der Waals surface area contributed by atoms with Gasteiger partial charge in [-0.1, -0.05) is 30.3 Å². The molecular formula is C21H20O2S. The van der Waals surface area contributed by atoms with Gasteiger partial charge in [-0.05, 0) is 61.4 Å². The van der Waals surface area contributed by atoms with E-state index in [0.717, 1.165) is 26.6 Å². The maximum Gasteiger partial charge on any atom is 0.177 e. The molecule has 1 aromatic heterocycles. The third-order valence-electron chi connectivity index (χ3n) is 3.60. The van der Waals surface area contributed by atoms with Crippen molar-refractivity contribution >= 4 is 17.1 Å². The summed E-state index contributed by atoms with van der Waals surface area (Å²) in [5.41, 5.74) is 2.16. The summed E-state index contributed by atoms with van der Waals surface area (Å²) < 4.78 is 5.66. The molecule has 0 saturated heterocycles. The maximum atomic E-state index is 12.4. The first-order chi connectivity index (χ1) is 11.6. The second kappa shape index (κ2) is 7.45. The number of hydrogen-bond acceptors (Lipinski definition) is 3. The number of hydrogen-bond donors (Lipinski definition) is 0. The van der Waals surface area contributed by atoms with Crippen molar-refractivity contribution in [1.82, 2.24) is 0 Å². The molecule has 1 heterocycles. The van der Waals surface area contributed by atoms with Gasteiger partial charge in [0.1, 0.15) is 5.75 Å². The van der Waals surface area contributed by atoms with Crippen LogP contribution in [0.15, 0.2) is 66.7 Å². The van der Waals surface area contributed by atoms with Gasteiger partial charge in [-0.2, -0.15) is 0 Å². The van der Waals surface area contributed by atoms with Crippen molar-refractivity contribution in [2.45, 2.75) is 26.4 Å². The molecule has 2 aromatic carbocycles. The molecule has 0 fully saturated rings. The minimum Gasteiger partial charge on any atom is -0.491 e. The van der Waals surface area contributed by atoms with Crippen LogP contribution in [0.4, 0.5) is 0 Å². The van der Waals surface area contributed by atoms with E-state index in [-0.39, 0.29) is 11.9 Å². The first-order valence-electron chi connectivity index (χ1n) is 8.06. The van der Waals surface area contributed by atoms with Crippen molar-refractivity contribution in [2.24, 2.45) is 0 Å². The maximum absolute atomic E-state index is 12.4. The standard InChI is InChI=1S/C21H20O2S/c1-15(2)23-18-10-8-17(9-11-18)20-12-13-21(24-20)19(22)14-16-6-4-3-5-7-16/h3-13,15H,14H2,1-2H3. The van der Waals surface area contributed by atoms with E-state index in [4.69, 9.17) is 4.74 Å². The van der Waals surface area contributed by atoms with Crippen molar-refractivity contribution < 1.29 is 9.53 Å². The zero-order chi connectivity index (χ0) is 16.9. The molecule has 0 saturated carbocycles. The number of benzene rings is 2. The SMILES string of the molecule is CC(C)Oc1ccc(-c2ccc(C(=O)Cc3ccccc3)s2)cc1. The number of carbonyl (C=O) groups excluding carboxylic acids is 1. The Morgan fingerprint density at radius 3 is 2.33 bits per heavy atom. The van der Waals surface area contributed by atoms with E-state index in [1.807, 2.05) is 80.6 Å². The first-order valence-corrected chi connectivity index (χ1v) is 8.87. The van der Waals surface area contributed by atoms with E-state index in [9.17, 15) is 4.79 Å². The second-order valence-electron chi connectivity index (χ2n) is 5.94. The van der Waals surface area contributed by atoms with E-state index in [1.54, 1.807) is 11.3 Å². The highest BCUT2D eigenvalue weighted by atomic mass is 32.1.